The Bertz CT molecular complexity index is 882. The van der Waals surface area contributed by atoms with Crippen LogP contribution in [-0.4, -0.2) is 21.4 Å². The quantitative estimate of drug-likeness (QED) is 0.761. The lowest BCUT2D eigenvalue weighted by molar-refractivity contribution is 0.222. The third-order valence-corrected chi connectivity index (χ3v) is 4.32. The molecule has 1 N–H and O–H groups in total. The van der Waals surface area contributed by atoms with Crippen molar-refractivity contribution in [3.8, 4) is 11.6 Å². The largest absolute Gasteiger partial charge is 0.467 e. The highest BCUT2D eigenvalue weighted by Crippen LogP contribution is 2.21. The molecule has 0 saturated carbocycles. The van der Waals surface area contributed by atoms with Crippen molar-refractivity contribution in [2.45, 2.75) is 19.5 Å². The van der Waals surface area contributed by atoms with Gasteiger partial charge in [-0.15, -0.1) is 0 Å². The van der Waals surface area contributed by atoms with E-state index in [1.165, 1.54) is 0 Å². The Kier molecular flexibility index (Phi) is 3.66. The standard InChI is InChI=1S/C16H14BrN3O3/c17-10-6-11(23-9-10)7-20-4-3-13-12(8-20)16(21)19-15(18-13)14-2-1-5-22-14/h1-2,5-6,9H,3-4,7-8H2,(H,18,19,21). The lowest BCUT2D eigenvalue weighted by Gasteiger charge is -2.26. The molecule has 0 fully saturated rings. The number of nitrogens with zero attached hydrogens (tertiary/aromatic N) is 2. The summed E-state index contributed by atoms with van der Waals surface area (Å²) in [6.45, 7) is 2.07. The number of furan rings is 2. The van der Waals surface area contributed by atoms with Crippen LogP contribution in [0.2, 0.25) is 0 Å². The van der Waals surface area contributed by atoms with Crippen LogP contribution in [-0.2, 0) is 19.5 Å². The molecule has 4 heterocycles. The maximum atomic E-state index is 12.4. The first-order valence-electron chi connectivity index (χ1n) is 7.30. The molecule has 0 aromatic carbocycles. The molecule has 3 aromatic rings. The molecule has 0 unspecified atom stereocenters. The second-order valence-corrected chi connectivity index (χ2v) is 6.42. The molecule has 3 aromatic heterocycles. The summed E-state index contributed by atoms with van der Waals surface area (Å²) in [5.74, 6) is 1.94. The Morgan fingerprint density at radius 3 is 3.04 bits per heavy atom. The van der Waals surface area contributed by atoms with Gasteiger partial charge < -0.3 is 13.8 Å². The van der Waals surface area contributed by atoms with Gasteiger partial charge >= 0.3 is 0 Å². The van der Waals surface area contributed by atoms with Crippen molar-refractivity contribution in [3.63, 3.8) is 0 Å². The van der Waals surface area contributed by atoms with Gasteiger partial charge in [0.1, 0.15) is 12.0 Å². The number of fused-ring (bicyclic) bond motifs is 1. The van der Waals surface area contributed by atoms with Crippen LogP contribution in [0.5, 0.6) is 0 Å². The average Bonchev–Trinajstić information content (AvgIpc) is 3.20. The predicted octanol–water partition coefficient (Wildman–Crippen LogP) is 2.94. The van der Waals surface area contributed by atoms with E-state index in [4.69, 9.17) is 8.83 Å². The van der Waals surface area contributed by atoms with Gasteiger partial charge in [0.25, 0.3) is 5.56 Å². The summed E-state index contributed by atoms with van der Waals surface area (Å²) in [6.07, 6.45) is 3.96. The van der Waals surface area contributed by atoms with E-state index in [2.05, 4.69) is 30.8 Å². The van der Waals surface area contributed by atoms with Crippen LogP contribution in [0.15, 0.2) is 48.8 Å². The van der Waals surface area contributed by atoms with Crippen molar-refractivity contribution in [1.29, 1.82) is 0 Å². The first kappa shape index (κ1) is 14.5. The van der Waals surface area contributed by atoms with Gasteiger partial charge in [-0.25, -0.2) is 4.98 Å². The van der Waals surface area contributed by atoms with Gasteiger partial charge in [-0.05, 0) is 34.1 Å². The molecule has 1 aliphatic rings. The SMILES string of the molecule is O=c1[nH]c(-c2ccco2)nc2c1CN(Cc1cc(Br)co1)CC2. The molecule has 1 aliphatic heterocycles. The third-order valence-electron chi connectivity index (χ3n) is 3.90. The minimum atomic E-state index is -0.105. The molecule has 0 spiro atoms. The Hall–Kier alpha value is -2.12. The van der Waals surface area contributed by atoms with E-state index in [1.807, 2.05) is 6.07 Å². The summed E-state index contributed by atoms with van der Waals surface area (Å²) >= 11 is 3.38. The number of hydrogen-bond donors (Lipinski definition) is 1. The zero-order valence-electron chi connectivity index (χ0n) is 12.2. The number of aromatic amines is 1. The van der Waals surface area contributed by atoms with Crippen molar-refractivity contribution >= 4 is 15.9 Å². The molecule has 7 heteroatoms. The number of nitrogens with one attached hydrogen (secondary N) is 1. The first-order chi connectivity index (χ1) is 11.2. The number of hydrogen-bond acceptors (Lipinski definition) is 5. The summed E-state index contributed by atoms with van der Waals surface area (Å²) in [5.41, 5.74) is 1.46. The van der Waals surface area contributed by atoms with Crippen LogP contribution in [0, 0.1) is 0 Å². The molecule has 0 saturated heterocycles. The molecule has 4 rings (SSSR count). The van der Waals surface area contributed by atoms with E-state index in [0.29, 0.717) is 24.7 Å². The van der Waals surface area contributed by atoms with Crippen LogP contribution >= 0.6 is 15.9 Å². The van der Waals surface area contributed by atoms with Crippen molar-refractivity contribution in [3.05, 3.63) is 62.6 Å². The van der Waals surface area contributed by atoms with Gasteiger partial charge in [0, 0.05) is 19.5 Å². The first-order valence-corrected chi connectivity index (χ1v) is 8.09. The molecule has 0 aliphatic carbocycles. The van der Waals surface area contributed by atoms with Gasteiger partial charge in [0.15, 0.2) is 11.6 Å². The van der Waals surface area contributed by atoms with Gasteiger partial charge in [0.2, 0.25) is 0 Å². The highest BCUT2D eigenvalue weighted by molar-refractivity contribution is 9.10. The second-order valence-electron chi connectivity index (χ2n) is 5.51. The Balaban J connectivity index is 1.59. The van der Waals surface area contributed by atoms with E-state index >= 15 is 0 Å². The smallest absolute Gasteiger partial charge is 0.256 e. The van der Waals surface area contributed by atoms with Gasteiger partial charge in [-0.3, -0.25) is 9.69 Å². The van der Waals surface area contributed by atoms with Crippen molar-refractivity contribution in [2.24, 2.45) is 0 Å². The fourth-order valence-electron chi connectivity index (χ4n) is 2.80. The minimum Gasteiger partial charge on any atom is -0.467 e. The molecule has 0 amide bonds. The number of H-pyrrole nitrogens is 1. The highest BCUT2D eigenvalue weighted by atomic mass is 79.9. The van der Waals surface area contributed by atoms with Crippen LogP contribution in [0.3, 0.4) is 0 Å². The Morgan fingerprint density at radius 1 is 1.39 bits per heavy atom. The van der Waals surface area contributed by atoms with Gasteiger partial charge in [-0.2, -0.15) is 0 Å². The topological polar surface area (TPSA) is 75.3 Å². The molecule has 0 radical (unpaired) electrons. The molecule has 0 atom stereocenters. The van der Waals surface area contributed by atoms with Crippen molar-refractivity contribution < 1.29 is 8.83 Å². The van der Waals surface area contributed by atoms with E-state index < -0.39 is 0 Å². The van der Waals surface area contributed by atoms with Gasteiger partial charge in [0.05, 0.1) is 28.5 Å². The van der Waals surface area contributed by atoms with Crippen molar-refractivity contribution in [2.75, 3.05) is 6.54 Å². The van der Waals surface area contributed by atoms with E-state index in [0.717, 1.165) is 34.5 Å². The monoisotopic (exact) mass is 375 g/mol. The van der Waals surface area contributed by atoms with Crippen LogP contribution in [0.25, 0.3) is 11.6 Å². The maximum absolute atomic E-state index is 12.4. The maximum Gasteiger partial charge on any atom is 0.256 e. The molecule has 23 heavy (non-hydrogen) atoms. The Morgan fingerprint density at radius 2 is 2.30 bits per heavy atom. The van der Waals surface area contributed by atoms with E-state index in [-0.39, 0.29) is 5.56 Å². The third kappa shape index (κ3) is 2.89. The number of rotatable bonds is 3. The average molecular weight is 376 g/mol. The van der Waals surface area contributed by atoms with E-state index in [1.54, 1.807) is 24.7 Å². The van der Waals surface area contributed by atoms with Gasteiger partial charge in [-0.1, -0.05) is 0 Å². The van der Waals surface area contributed by atoms with Crippen molar-refractivity contribution in [1.82, 2.24) is 14.9 Å². The molecular formula is C16H14BrN3O3. The summed E-state index contributed by atoms with van der Waals surface area (Å²) in [7, 11) is 0. The zero-order valence-corrected chi connectivity index (χ0v) is 13.8. The molecule has 118 valence electrons. The Labute approximate surface area is 140 Å². The lowest BCUT2D eigenvalue weighted by atomic mass is 10.1. The zero-order chi connectivity index (χ0) is 15.8. The van der Waals surface area contributed by atoms with Crippen LogP contribution in [0.1, 0.15) is 17.0 Å². The van der Waals surface area contributed by atoms with Crippen LogP contribution < -0.4 is 5.56 Å². The summed E-state index contributed by atoms with van der Waals surface area (Å²) < 4.78 is 11.7. The number of aromatic nitrogens is 2. The summed E-state index contributed by atoms with van der Waals surface area (Å²) in [6, 6.07) is 5.50. The minimum absolute atomic E-state index is 0.105. The lowest BCUT2D eigenvalue weighted by Crippen LogP contribution is -2.35. The van der Waals surface area contributed by atoms with Crippen LogP contribution in [0.4, 0.5) is 0 Å². The second kappa shape index (κ2) is 5.82. The summed E-state index contributed by atoms with van der Waals surface area (Å²) in [4.78, 5) is 21.9. The molecule has 0 bridgehead atoms. The fourth-order valence-corrected chi connectivity index (χ4v) is 3.15. The molecular weight excluding hydrogens is 362 g/mol. The fraction of sp³-hybridized carbons (Fsp3) is 0.250. The summed E-state index contributed by atoms with van der Waals surface area (Å²) in [5, 5.41) is 0. The number of halogens is 1. The normalized spacial score (nSPS) is 14.8. The highest BCUT2D eigenvalue weighted by Gasteiger charge is 2.22. The predicted molar refractivity (Wildman–Crippen MR) is 86.8 cm³/mol. The van der Waals surface area contributed by atoms with E-state index in [9.17, 15) is 4.79 Å². The molecule has 6 nitrogen and oxygen atoms in total.